The molecular formula is C21H24N4O2. The highest BCUT2D eigenvalue weighted by atomic mass is 16.3. The molecule has 0 saturated heterocycles. The smallest absolute Gasteiger partial charge is 0.253 e. The van der Waals surface area contributed by atoms with Gasteiger partial charge in [-0.15, -0.1) is 0 Å². The van der Waals surface area contributed by atoms with Crippen LogP contribution in [-0.4, -0.2) is 44.3 Å². The highest BCUT2D eigenvalue weighted by Crippen LogP contribution is 2.19. The van der Waals surface area contributed by atoms with Gasteiger partial charge >= 0.3 is 0 Å². The van der Waals surface area contributed by atoms with Crippen LogP contribution in [0.15, 0.2) is 54.6 Å². The molecule has 1 heterocycles. The van der Waals surface area contributed by atoms with E-state index in [1.807, 2.05) is 56.4 Å². The van der Waals surface area contributed by atoms with Crippen molar-refractivity contribution in [2.45, 2.75) is 19.4 Å². The molecule has 0 fully saturated rings. The van der Waals surface area contributed by atoms with E-state index in [1.54, 1.807) is 28.8 Å². The lowest BCUT2D eigenvalue weighted by Gasteiger charge is -2.19. The van der Waals surface area contributed by atoms with Crippen molar-refractivity contribution in [1.29, 1.82) is 0 Å². The Labute approximate surface area is 159 Å². The summed E-state index contributed by atoms with van der Waals surface area (Å²) in [5.41, 5.74) is 2.33. The van der Waals surface area contributed by atoms with E-state index in [0.29, 0.717) is 24.4 Å². The Morgan fingerprint density at radius 3 is 2.41 bits per heavy atom. The zero-order valence-corrected chi connectivity index (χ0v) is 15.8. The Balaban J connectivity index is 1.61. The zero-order valence-electron chi connectivity index (χ0n) is 15.8. The van der Waals surface area contributed by atoms with Crippen molar-refractivity contribution in [2.24, 2.45) is 7.05 Å². The number of aliphatic hydroxyl groups is 1. The number of aromatic nitrogens is 3. The molecule has 0 aliphatic carbocycles. The van der Waals surface area contributed by atoms with Gasteiger partial charge in [0.25, 0.3) is 5.91 Å². The monoisotopic (exact) mass is 364 g/mol. The van der Waals surface area contributed by atoms with Crippen molar-refractivity contribution in [3.63, 3.8) is 0 Å². The molecule has 1 unspecified atom stereocenters. The second-order valence-electron chi connectivity index (χ2n) is 6.63. The molecule has 6 heteroatoms. The lowest BCUT2D eigenvalue weighted by atomic mass is 10.1. The van der Waals surface area contributed by atoms with Crippen LogP contribution >= 0.6 is 0 Å². The van der Waals surface area contributed by atoms with Crippen LogP contribution in [0.3, 0.4) is 0 Å². The van der Waals surface area contributed by atoms with Crippen LogP contribution in [0.2, 0.25) is 0 Å². The van der Waals surface area contributed by atoms with Gasteiger partial charge in [-0.1, -0.05) is 42.5 Å². The first-order valence-corrected chi connectivity index (χ1v) is 8.92. The van der Waals surface area contributed by atoms with E-state index in [0.717, 1.165) is 17.0 Å². The Kier molecular flexibility index (Phi) is 5.66. The average Bonchev–Trinajstić information content (AvgIpc) is 3.04. The molecule has 0 aliphatic rings. The first-order chi connectivity index (χ1) is 13.0. The molecule has 6 nitrogen and oxygen atoms in total. The molecule has 140 valence electrons. The predicted molar refractivity (Wildman–Crippen MR) is 104 cm³/mol. The van der Waals surface area contributed by atoms with Crippen molar-refractivity contribution in [3.05, 3.63) is 71.5 Å². The number of hydrogen-bond donors (Lipinski definition) is 1. The van der Waals surface area contributed by atoms with Gasteiger partial charge in [-0.25, -0.2) is 4.98 Å². The van der Waals surface area contributed by atoms with Crippen LogP contribution in [0.1, 0.15) is 34.3 Å². The number of amides is 1. The number of rotatable bonds is 6. The summed E-state index contributed by atoms with van der Waals surface area (Å²) in [4.78, 5) is 18.6. The third-order valence-corrected chi connectivity index (χ3v) is 4.64. The molecule has 0 spiro atoms. The van der Waals surface area contributed by atoms with Gasteiger partial charge in [0, 0.05) is 31.8 Å². The first kappa shape index (κ1) is 18.8. The highest BCUT2D eigenvalue weighted by molar-refractivity contribution is 5.94. The number of carbonyl (C=O) groups excluding carboxylic acids is 1. The lowest BCUT2D eigenvalue weighted by molar-refractivity contribution is 0.0761. The third-order valence-electron chi connectivity index (χ3n) is 4.64. The summed E-state index contributed by atoms with van der Waals surface area (Å²) >= 11 is 0. The van der Waals surface area contributed by atoms with Crippen molar-refractivity contribution in [3.8, 4) is 11.4 Å². The molecule has 27 heavy (non-hydrogen) atoms. The van der Waals surface area contributed by atoms with Crippen LogP contribution < -0.4 is 0 Å². The molecule has 1 atom stereocenters. The SMILES string of the molecule is Cc1nc(-c2ccc(C(=O)N(C)CCC(O)c3ccccc3)cc2)nn1C. The van der Waals surface area contributed by atoms with E-state index >= 15 is 0 Å². The van der Waals surface area contributed by atoms with E-state index in [9.17, 15) is 9.90 Å². The molecule has 2 aromatic carbocycles. The van der Waals surface area contributed by atoms with Crippen molar-refractivity contribution in [1.82, 2.24) is 19.7 Å². The molecule has 1 aromatic heterocycles. The molecular weight excluding hydrogens is 340 g/mol. The van der Waals surface area contributed by atoms with Crippen molar-refractivity contribution in [2.75, 3.05) is 13.6 Å². The standard InChI is InChI=1S/C21H24N4O2/c1-15-22-20(23-25(15)3)17-9-11-18(12-10-17)21(27)24(2)14-13-19(26)16-7-5-4-6-8-16/h4-12,19,26H,13-14H2,1-3H3. The van der Waals surface area contributed by atoms with Crippen LogP contribution in [0, 0.1) is 6.92 Å². The fraction of sp³-hybridized carbons (Fsp3) is 0.286. The predicted octanol–water partition coefficient (Wildman–Crippen LogP) is 2.99. The van der Waals surface area contributed by atoms with Crippen LogP contribution in [-0.2, 0) is 7.05 Å². The average molecular weight is 364 g/mol. The van der Waals surface area contributed by atoms with Crippen LogP contribution in [0.5, 0.6) is 0 Å². The maximum atomic E-state index is 12.6. The van der Waals surface area contributed by atoms with Gasteiger partial charge < -0.3 is 10.0 Å². The van der Waals surface area contributed by atoms with E-state index in [-0.39, 0.29) is 5.91 Å². The highest BCUT2D eigenvalue weighted by Gasteiger charge is 2.15. The Morgan fingerprint density at radius 2 is 1.81 bits per heavy atom. The van der Waals surface area contributed by atoms with Gasteiger partial charge in [0.05, 0.1) is 6.10 Å². The van der Waals surface area contributed by atoms with Gasteiger partial charge in [-0.2, -0.15) is 5.10 Å². The Morgan fingerprint density at radius 1 is 1.15 bits per heavy atom. The fourth-order valence-corrected chi connectivity index (χ4v) is 2.83. The zero-order chi connectivity index (χ0) is 19.4. The molecule has 0 radical (unpaired) electrons. The Bertz CT molecular complexity index is 884. The molecule has 1 N–H and O–H groups in total. The summed E-state index contributed by atoms with van der Waals surface area (Å²) in [5, 5.41) is 14.6. The normalized spacial score (nSPS) is 12.0. The summed E-state index contributed by atoms with van der Waals surface area (Å²) in [5.74, 6) is 1.40. The minimum absolute atomic E-state index is 0.0769. The number of nitrogens with zero attached hydrogens (tertiary/aromatic N) is 4. The van der Waals surface area contributed by atoms with Gasteiger partial charge in [0.15, 0.2) is 5.82 Å². The number of hydrogen-bond acceptors (Lipinski definition) is 4. The summed E-state index contributed by atoms with van der Waals surface area (Å²) in [6.07, 6.45) is -0.0936. The quantitative estimate of drug-likeness (QED) is 0.730. The largest absolute Gasteiger partial charge is 0.388 e. The maximum Gasteiger partial charge on any atom is 0.253 e. The van der Waals surface area contributed by atoms with E-state index in [4.69, 9.17) is 0 Å². The van der Waals surface area contributed by atoms with Crippen LogP contribution in [0.25, 0.3) is 11.4 Å². The van der Waals surface area contributed by atoms with Gasteiger partial charge in [0.1, 0.15) is 5.82 Å². The second kappa shape index (κ2) is 8.14. The fourth-order valence-electron chi connectivity index (χ4n) is 2.83. The topological polar surface area (TPSA) is 71.2 Å². The number of aryl methyl sites for hydroxylation is 2. The molecule has 3 aromatic rings. The van der Waals surface area contributed by atoms with Gasteiger partial charge in [-0.05, 0) is 31.0 Å². The molecule has 0 saturated carbocycles. The van der Waals surface area contributed by atoms with Crippen molar-refractivity contribution >= 4 is 5.91 Å². The Hall–Kier alpha value is -2.99. The van der Waals surface area contributed by atoms with E-state index in [2.05, 4.69) is 10.1 Å². The molecule has 0 aliphatic heterocycles. The first-order valence-electron chi connectivity index (χ1n) is 8.92. The van der Waals surface area contributed by atoms with E-state index < -0.39 is 6.10 Å². The number of carbonyl (C=O) groups is 1. The minimum atomic E-state index is -0.581. The molecule has 1 amide bonds. The van der Waals surface area contributed by atoms with Crippen LogP contribution in [0.4, 0.5) is 0 Å². The van der Waals surface area contributed by atoms with Gasteiger partial charge in [-0.3, -0.25) is 9.48 Å². The summed E-state index contributed by atoms with van der Waals surface area (Å²) in [6.45, 7) is 2.37. The lowest BCUT2D eigenvalue weighted by Crippen LogP contribution is -2.28. The van der Waals surface area contributed by atoms with Gasteiger partial charge in [0.2, 0.25) is 0 Å². The third kappa shape index (κ3) is 4.41. The van der Waals surface area contributed by atoms with E-state index in [1.165, 1.54) is 0 Å². The van der Waals surface area contributed by atoms with Crippen molar-refractivity contribution < 1.29 is 9.90 Å². The second-order valence-corrected chi connectivity index (χ2v) is 6.63. The number of aliphatic hydroxyl groups excluding tert-OH is 1. The summed E-state index contributed by atoms with van der Waals surface area (Å²) < 4.78 is 1.72. The minimum Gasteiger partial charge on any atom is -0.388 e. The summed E-state index contributed by atoms with van der Waals surface area (Å²) in [7, 11) is 3.60. The molecule has 0 bridgehead atoms. The summed E-state index contributed by atoms with van der Waals surface area (Å²) in [6, 6.07) is 16.8. The maximum absolute atomic E-state index is 12.6. The number of benzene rings is 2. The molecule has 3 rings (SSSR count).